The van der Waals surface area contributed by atoms with Gasteiger partial charge < -0.3 is 18.6 Å². The minimum absolute atomic E-state index is 0.0182. The fraction of sp³-hybridized carbons (Fsp3) is 0.531. The van der Waals surface area contributed by atoms with Crippen molar-refractivity contribution in [1.29, 1.82) is 0 Å². The predicted octanol–water partition coefficient (Wildman–Crippen LogP) is 7.02. The first kappa shape index (κ1) is 29.6. The zero-order valence-corrected chi connectivity index (χ0v) is 25.5. The lowest BCUT2D eigenvalue weighted by Crippen LogP contribution is -2.27. The highest BCUT2D eigenvalue weighted by molar-refractivity contribution is 7.85. The zero-order chi connectivity index (χ0) is 30.8. The Balaban J connectivity index is 1.26. The number of carbonyl (C=O) groups excluding carboxylic acids is 3. The van der Waals surface area contributed by atoms with Gasteiger partial charge in [-0.15, -0.1) is 0 Å². The molecule has 4 bridgehead atoms. The lowest BCUT2D eigenvalue weighted by Gasteiger charge is -2.39. The highest BCUT2D eigenvalue weighted by Crippen LogP contribution is 2.52. The zero-order valence-electron chi connectivity index (χ0n) is 24.7. The van der Waals surface area contributed by atoms with Gasteiger partial charge in [0.2, 0.25) is 11.5 Å². The summed E-state index contributed by atoms with van der Waals surface area (Å²) in [5.74, 6) is -0.877. The lowest BCUT2D eigenvalue weighted by atomic mass is 9.67. The Morgan fingerprint density at radius 3 is 2.16 bits per heavy atom. The topological polar surface area (TPSA) is 146 Å². The first-order chi connectivity index (χ1) is 20.3. The summed E-state index contributed by atoms with van der Waals surface area (Å²) in [6, 6.07) is 2.53. The number of rotatable bonds is 9. The van der Waals surface area contributed by atoms with Crippen molar-refractivity contribution >= 4 is 39.2 Å². The van der Waals surface area contributed by atoms with Crippen molar-refractivity contribution in [2.24, 2.45) is 17.8 Å². The van der Waals surface area contributed by atoms with Crippen molar-refractivity contribution in [2.75, 3.05) is 0 Å². The fourth-order valence-electron chi connectivity index (χ4n) is 7.18. The van der Waals surface area contributed by atoms with Crippen LogP contribution < -0.4 is 14.2 Å². The molecule has 2 saturated carbocycles. The van der Waals surface area contributed by atoms with Gasteiger partial charge in [0.05, 0.1) is 4.90 Å². The Kier molecular flexibility index (Phi) is 7.53. The Morgan fingerprint density at radius 1 is 0.953 bits per heavy atom. The standard InChI is InChI=1S/C32H36O10S/c1-15(2)21-13-20(43(36,37)38)14-22(16(3)4)26(21)41-31(34)24-25-28-30(42-32(25)35)29(27(24)40-28)39-23(33)9-8-19-11-17-6-5-7-18(10-17)12-19/h13-19H,5-12H2,1-4H3,(H,36,37,38). The molecule has 0 radical (unpaired) electrons. The molecule has 3 heterocycles. The summed E-state index contributed by atoms with van der Waals surface area (Å²) >= 11 is 0. The predicted molar refractivity (Wildman–Crippen MR) is 155 cm³/mol. The molecule has 43 heavy (non-hydrogen) atoms. The van der Waals surface area contributed by atoms with Crippen molar-refractivity contribution < 1.29 is 46.0 Å². The van der Waals surface area contributed by atoms with Crippen LogP contribution in [0.25, 0.3) is 11.2 Å². The second kappa shape index (κ2) is 10.9. The van der Waals surface area contributed by atoms with Crippen LogP contribution in [0.15, 0.2) is 21.4 Å². The Bertz CT molecular complexity index is 1670. The van der Waals surface area contributed by atoms with E-state index in [4.69, 9.17) is 18.6 Å². The highest BCUT2D eigenvalue weighted by Gasteiger charge is 2.44. The quantitative estimate of drug-likeness (QED) is 0.152. The van der Waals surface area contributed by atoms with Crippen molar-refractivity contribution in [3.05, 3.63) is 34.4 Å². The number of ether oxygens (including phenoxy) is 3. The van der Waals surface area contributed by atoms with Crippen LogP contribution in [-0.4, -0.2) is 30.9 Å². The summed E-state index contributed by atoms with van der Waals surface area (Å²) in [5.41, 5.74) is 0.349. The summed E-state index contributed by atoms with van der Waals surface area (Å²) in [7, 11) is -4.53. The summed E-state index contributed by atoms with van der Waals surface area (Å²) < 4.78 is 56.2. The smallest absolute Gasteiger partial charge is 0.348 e. The first-order valence-corrected chi connectivity index (χ1v) is 16.5. The number of carbonyl (C=O) groups is 3. The molecular weight excluding hydrogens is 576 g/mol. The minimum Gasteiger partial charge on any atom is -0.447 e. The summed E-state index contributed by atoms with van der Waals surface area (Å²) in [6.45, 7) is 7.16. The molecule has 0 amide bonds. The molecule has 2 unspecified atom stereocenters. The molecule has 1 aromatic carbocycles. The molecular formula is C32H36O10S. The van der Waals surface area contributed by atoms with E-state index in [1.165, 1.54) is 37.8 Å². The van der Waals surface area contributed by atoms with E-state index in [0.29, 0.717) is 23.5 Å². The van der Waals surface area contributed by atoms with Gasteiger partial charge >= 0.3 is 17.9 Å². The van der Waals surface area contributed by atoms with Gasteiger partial charge in [0.15, 0.2) is 11.2 Å². The van der Waals surface area contributed by atoms with Crippen molar-refractivity contribution in [3.8, 4) is 17.2 Å². The third-order valence-corrected chi connectivity index (χ3v) is 10.0. The molecule has 3 aliphatic rings. The molecule has 6 rings (SSSR count). The molecule has 10 nitrogen and oxygen atoms in total. The maximum atomic E-state index is 13.7. The molecule has 11 heteroatoms. The molecule has 1 N–H and O–H groups in total. The molecule has 0 spiro atoms. The largest absolute Gasteiger partial charge is 0.447 e. The van der Waals surface area contributed by atoms with Crippen LogP contribution in [0.5, 0.6) is 17.2 Å². The van der Waals surface area contributed by atoms with Crippen LogP contribution in [0, 0.1) is 17.8 Å². The minimum atomic E-state index is -4.53. The van der Waals surface area contributed by atoms with Crippen molar-refractivity contribution in [2.45, 2.75) is 95.8 Å². The number of esters is 3. The highest BCUT2D eigenvalue weighted by atomic mass is 32.2. The Labute approximate surface area is 250 Å². The van der Waals surface area contributed by atoms with Crippen LogP contribution in [0.2, 0.25) is 0 Å². The molecule has 2 atom stereocenters. The Morgan fingerprint density at radius 2 is 1.58 bits per heavy atom. The van der Waals surface area contributed by atoms with Gasteiger partial charge in [-0.05, 0) is 78.5 Å². The number of benzene rings is 2. The Hall–Kier alpha value is -3.44. The number of furan rings is 2. The molecule has 2 fully saturated rings. The van der Waals surface area contributed by atoms with Crippen molar-refractivity contribution in [3.63, 3.8) is 0 Å². The second-order valence-corrected chi connectivity index (χ2v) is 14.3. The average molecular weight is 613 g/mol. The normalized spacial score (nSPS) is 21.6. The van der Waals surface area contributed by atoms with E-state index in [1.54, 1.807) is 27.7 Å². The van der Waals surface area contributed by atoms with E-state index < -0.39 is 28.0 Å². The van der Waals surface area contributed by atoms with Gasteiger partial charge in [0.1, 0.15) is 16.9 Å². The summed E-state index contributed by atoms with van der Waals surface area (Å²) in [4.78, 5) is 39.1. The number of fused-ring (bicyclic) bond motifs is 3. The lowest BCUT2D eigenvalue weighted by molar-refractivity contribution is -0.134. The average Bonchev–Trinajstić information content (AvgIpc) is 3.55. The fourth-order valence-corrected chi connectivity index (χ4v) is 7.73. The molecule has 2 aliphatic carbocycles. The van der Waals surface area contributed by atoms with E-state index in [0.717, 1.165) is 24.7 Å². The first-order valence-electron chi connectivity index (χ1n) is 15.0. The van der Waals surface area contributed by atoms with E-state index in [9.17, 15) is 27.4 Å². The van der Waals surface area contributed by atoms with Crippen LogP contribution in [0.3, 0.4) is 0 Å². The van der Waals surface area contributed by atoms with E-state index in [2.05, 4.69) is 0 Å². The van der Waals surface area contributed by atoms with E-state index in [-0.39, 0.29) is 62.7 Å². The maximum absolute atomic E-state index is 13.7. The molecule has 3 aromatic rings. The maximum Gasteiger partial charge on any atom is 0.348 e. The van der Waals surface area contributed by atoms with Gasteiger partial charge in [-0.3, -0.25) is 9.35 Å². The van der Waals surface area contributed by atoms with Gasteiger partial charge in [-0.2, -0.15) is 8.42 Å². The van der Waals surface area contributed by atoms with Gasteiger partial charge in [0.25, 0.3) is 10.1 Å². The summed E-state index contributed by atoms with van der Waals surface area (Å²) in [6.07, 6.45) is 8.31. The van der Waals surface area contributed by atoms with E-state index in [1.807, 2.05) is 0 Å². The van der Waals surface area contributed by atoms with Crippen LogP contribution in [0.4, 0.5) is 0 Å². The number of hydrogen-bond donors (Lipinski definition) is 1. The van der Waals surface area contributed by atoms with Crippen molar-refractivity contribution in [1.82, 2.24) is 0 Å². The van der Waals surface area contributed by atoms with Gasteiger partial charge in [0, 0.05) is 6.42 Å². The van der Waals surface area contributed by atoms with Gasteiger partial charge in [-0.1, -0.05) is 47.0 Å². The SMILES string of the molecule is CC(C)c1cc(S(=O)(=O)O)cc(C(C)C)c1OC(=O)c1c2c3oc1c(OC(=O)CCC1CC4CCCC(C4)C1)c3OC2=O. The number of hydrogen-bond acceptors (Lipinski definition) is 9. The summed E-state index contributed by atoms with van der Waals surface area (Å²) in [5, 5.41) is 0. The van der Waals surface area contributed by atoms with Crippen LogP contribution in [-0.2, 0) is 14.9 Å². The third kappa shape index (κ3) is 5.42. The van der Waals surface area contributed by atoms with Crippen LogP contribution in [0.1, 0.15) is 123 Å². The van der Waals surface area contributed by atoms with E-state index >= 15 is 0 Å². The third-order valence-electron chi connectivity index (χ3n) is 9.18. The molecule has 2 aromatic heterocycles. The second-order valence-electron chi connectivity index (χ2n) is 12.9. The molecule has 0 saturated heterocycles. The van der Waals surface area contributed by atoms with Gasteiger partial charge in [-0.25, -0.2) is 9.59 Å². The molecule has 230 valence electrons. The monoisotopic (exact) mass is 612 g/mol. The molecule has 1 aliphatic heterocycles. The van der Waals surface area contributed by atoms with Crippen LogP contribution >= 0.6 is 0 Å².